The number of hydrogen-bond acceptors (Lipinski definition) is 2. The summed E-state index contributed by atoms with van der Waals surface area (Å²) in [4.78, 5) is 11.6. The zero-order chi connectivity index (χ0) is 15.9. The van der Waals surface area contributed by atoms with E-state index in [9.17, 15) is 9.18 Å². The average Bonchev–Trinajstić information content (AvgIpc) is 2.50. The second-order valence-corrected chi connectivity index (χ2v) is 6.71. The highest BCUT2D eigenvalue weighted by Crippen LogP contribution is 2.27. The molecule has 1 aliphatic rings. The molecule has 1 unspecified atom stereocenters. The summed E-state index contributed by atoms with van der Waals surface area (Å²) in [6.07, 6.45) is 5.72. The fourth-order valence-corrected chi connectivity index (χ4v) is 3.17. The van der Waals surface area contributed by atoms with Gasteiger partial charge in [0.1, 0.15) is 5.82 Å². The Morgan fingerprint density at radius 3 is 2.50 bits per heavy atom. The number of benzene rings is 1. The molecular formula is C18H27FN2O. The SMILES string of the molecule is CC1CCC(CNCC(Cc2ccc(F)cc2)C(N)=O)CC1. The molecule has 0 aromatic heterocycles. The van der Waals surface area contributed by atoms with Crippen molar-refractivity contribution in [3.05, 3.63) is 35.6 Å². The van der Waals surface area contributed by atoms with E-state index < -0.39 is 0 Å². The minimum Gasteiger partial charge on any atom is -0.369 e. The van der Waals surface area contributed by atoms with Crippen molar-refractivity contribution in [2.75, 3.05) is 13.1 Å². The standard InChI is InChI=1S/C18H27FN2O/c1-13-2-4-15(5-3-13)11-21-12-16(18(20)22)10-14-6-8-17(19)9-7-14/h6-9,13,15-16,21H,2-5,10-12H2,1H3,(H2,20,22). The van der Waals surface area contributed by atoms with Gasteiger partial charge in [-0.3, -0.25) is 4.79 Å². The van der Waals surface area contributed by atoms with Crippen molar-refractivity contribution in [3.8, 4) is 0 Å². The molecular weight excluding hydrogens is 279 g/mol. The van der Waals surface area contributed by atoms with Crippen LogP contribution in [0.2, 0.25) is 0 Å². The molecule has 0 aliphatic heterocycles. The molecule has 1 saturated carbocycles. The number of nitrogens with one attached hydrogen (secondary N) is 1. The van der Waals surface area contributed by atoms with Crippen LogP contribution in [-0.4, -0.2) is 19.0 Å². The smallest absolute Gasteiger partial charge is 0.222 e. The van der Waals surface area contributed by atoms with Crippen LogP contribution in [0.3, 0.4) is 0 Å². The van der Waals surface area contributed by atoms with Gasteiger partial charge in [-0.25, -0.2) is 4.39 Å². The van der Waals surface area contributed by atoms with Crippen LogP contribution in [-0.2, 0) is 11.2 Å². The number of primary amides is 1. The molecule has 1 fully saturated rings. The van der Waals surface area contributed by atoms with E-state index in [1.807, 2.05) is 0 Å². The van der Waals surface area contributed by atoms with Gasteiger partial charge in [0, 0.05) is 6.54 Å². The van der Waals surface area contributed by atoms with Crippen LogP contribution >= 0.6 is 0 Å². The molecule has 0 heterocycles. The molecule has 2 rings (SSSR count). The van der Waals surface area contributed by atoms with Crippen molar-refractivity contribution in [2.45, 2.75) is 39.0 Å². The van der Waals surface area contributed by atoms with Crippen molar-refractivity contribution in [1.82, 2.24) is 5.32 Å². The maximum Gasteiger partial charge on any atom is 0.222 e. The summed E-state index contributed by atoms with van der Waals surface area (Å²) in [5.74, 6) is 0.773. The molecule has 4 heteroatoms. The fourth-order valence-electron chi connectivity index (χ4n) is 3.17. The first-order chi connectivity index (χ1) is 10.5. The summed E-state index contributed by atoms with van der Waals surface area (Å²) >= 11 is 0. The van der Waals surface area contributed by atoms with Gasteiger partial charge in [0.05, 0.1) is 5.92 Å². The van der Waals surface area contributed by atoms with Crippen LogP contribution in [0, 0.1) is 23.6 Å². The largest absolute Gasteiger partial charge is 0.369 e. The van der Waals surface area contributed by atoms with E-state index in [-0.39, 0.29) is 17.6 Å². The average molecular weight is 306 g/mol. The Hall–Kier alpha value is -1.42. The number of carbonyl (C=O) groups is 1. The summed E-state index contributed by atoms with van der Waals surface area (Å²) in [5, 5.41) is 3.41. The molecule has 1 aromatic rings. The molecule has 122 valence electrons. The van der Waals surface area contributed by atoms with E-state index in [0.29, 0.717) is 13.0 Å². The molecule has 1 aliphatic carbocycles. The monoisotopic (exact) mass is 306 g/mol. The van der Waals surface area contributed by atoms with Crippen LogP contribution < -0.4 is 11.1 Å². The molecule has 1 amide bonds. The lowest BCUT2D eigenvalue weighted by Crippen LogP contribution is -2.37. The Balaban J connectivity index is 1.77. The molecule has 1 atom stereocenters. The molecule has 1 aromatic carbocycles. The predicted octanol–water partition coefficient (Wildman–Crippen LogP) is 2.89. The van der Waals surface area contributed by atoms with Gasteiger partial charge in [0.25, 0.3) is 0 Å². The Morgan fingerprint density at radius 2 is 1.91 bits per heavy atom. The van der Waals surface area contributed by atoms with Gasteiger partial charge in [0.15, 0.2) is 0 Å². The third-order valence-corrected chi connectivity index (χ3v) is 4.76. The molecule has 0 saturated heterocycles. The lowest BCUT2D eigenvalue weighted by molar-refractivity contribution is -0.121. The Kier molecular flexibility index (Phi) is 6.37. The maximum absolute atomic E-state index is 12.9. The topological polar surface area (TPSA) is 55.1 Å². The van der Waals surface area contributed by atoms with Crippen LogP contribution in [0.4, 0.5) is 4.39 Å². The van der Waals surface area contributed by atoms with E-state index in [2.05, 4.69) is 12.2 Å². The highest BCUT2D eigenvalue weighted by molar-refractivity contribution is 5.77. The first-order valence-corrected chi connectivity index (χ1v) is 8.29. The maximum atomic E-state index is 12.9. The van der Waals surface area contributed by atoms with E-state index in [4.69, 9.17) is 5.73 Å². The predicted molar refractivity (Wildman–Crippen MR) is 86.8 cm³/mol. The zero-order valence-corrected chi connectivity index (χ0v) is 13.4. The number of nitrogens with two attached hydrogens (primary N) is 1. The quantitative estimate of drug-likeness (QED) is 0.814. The lowest BCUT2D eigenvalue weighted by atomic mass is 9.83. The molecule has 0 bridgehead atoms. The Labute approximate surface area is 132 Å². The van der Waals surface area contributed by atoms with Gasteiger partial charge >= 0.3 is 0 Å². The third kappa shape index (κ3) is 5.41. The van der Waals surface area contributed by atoms with E-state index in [1.165, 1.54) is 37.8 Å². The summed E-state index contributed by atoms with van der Waals surface area (Å²) in [6, 6.07) is 6.27. The molecule has 0 spiro atoms. The van der Waals surface area contributed by atoms with Crippen molar-refractivity contribution < 1.29 is 9.18 Å². The van der Waals surface area contributed by atoms with Crippen molar-refractivity contribution in [3.63, 3.8) is 0 Å². The zero-order valence-electron chi connectivity index (χ0n) is 13.4. The number of carbonyl (C=O) groups excluding carboxylic acids is 1. The van der Waals surface area contributed by atoms with Crippen molar-refractivity contribution >= 4 is 5.91 Å². The van der Waals surface area contributed by atoms with Gasteiger partial charge in [0.2, 0.25) is 5.91 Å². The number of halogens is 1. The summed E-state index contributed by atoms with van der Waals surface area (Å²) in [5.41, 5.74) is 6.44. The normalized spacial score (nSPS) is 23.2. The minimum absolute atomic E-state index is 0.243. The van der Waals surface area contributed by atoms with Gasteiger partial charge in [-0.05, 0) is 55.3 Å². The fraction of sp³-hybridized carbons (Fsp3) is 0.611. The lowest BCUT2D eigenvalue weighted by Gasteiger charge is -2.26. The Morgan fingerprint density at radius 1 is 1.27 bits per heavy atom. The number of amides is 1. The van der Waals surface area contributed by atoms with Gasteiger partial charge in [-0.2, -0.15) is 0 Å². The molecule has 22 heavy (non-hydrogen) atoms. The summed E-state index contributed by atoms with van der Waals surface area (Å²) in [7, 11) is 0. The van der Waals surface area contributed by atoms with Gasteiger partial charge < -0.3 is 11.1 Å². The second kappa shape index (κ2) is 8.28. The number of hydrogen-bond donors (Lipinski definition) is 2. The highest BCUT2D eigenvalue weighted by Gasteiger charge is 2.20. The first kappa shape index (κ1) is 16.9. The summed E-state index contributed by atoms with van der Waals surface area (Å²) < 4.78 is 12.9. The molecule has 0 radical (unpaired) electrons. The van der Waals surface area contributed by atoms with E-state index in [0.717, 1.165) is 23.9 Å². The van der Waals surface area contributed by atoms with E-state index in [1.54, 1.807) is 12.1 Å². The molecule has 3 nitrogen and oxygen atoms in total. The third-order valence-electron chi connectivity index (χ3n) is 4.76. The van der Waals surface area contributed by atoms with Crippen LogP contribution in [0.1, 0.15) is 38.2 Å². The Bertz CT molecular complexity index is 466. The highest BCUT2D eigenvalue weighted by atomic mass is 19.1. The summed E-state index contributed by atoms with van der Waals surface area (Å²) in [6.45, 7) is 3.87. The van der Waals surface area contributed by atoms with Crippen LogP contribution in [0.5, 0.6) is 0 Å². The van der Waals surface area contributed by atoms with Crippen LogP contribution in [0.15, 0.2) is 24.3 Å². The second-order valence-electron chi connectivity index (χ2n) is 6.71. The van der Waals surface area contributed by atoms with Gasteiger partial charge in [-0.1, -0.05) is 31.9 Å². The number of rotatable bonds is 7. The molecule has 3 N–H and O–H groups in total. The van der Waals surface area contributed by atoms with E-state index >= 15 is 0 Å². The van der Waals surface area contributed by atoms with Crippen LogP contribution in [0.25, 0.3) is 0 Å². The van der Waals surface area contributed by atoms with Gasteiger partial charge in [-0.15, -0.1) is 0 Å². The minimum atomic E-state index is -0.297. The van der Waals surface area contributed by atoms with Crippen molar-refractivity contribution in [1.29, 1.82) is 0 Å². The first-order valence-electron chi connectivity index (χ1n) is 8.29. The van der Waals surface area contributed by atoms with Crippen molar-refractivity contribution in [2.24, 2.45) is 23.5 Å².